The van der Waals surface area contributed by atoms with Gasteiger partial charge in [0, 0.05) is 23.7 Å². The standard InChI is InChI=1S/C12H11FN2O/c1-8-9(5-6-14-16)7-10-11(13)3-2-4-12(10)15-8/h2-4,6-7,16H,5H2,1H3/b14-6+. The number of aromatic nitrogens is 1. The Morgan fingerprint density at radius 1 is 1.50 bits per heavy atom. The van der Waals surface area contributed by atoms with Gasteiger partial charge in [-0.1, -0.05) is 6.07 Å². The Morgan fingerprint density at radius 2 is 2.31 bits per heavy atom. The van der Waals surface area contributed by atoms with Gasteiger partial charge in [0.2, 0.25) is 0 Å². The molecule has 1 heterocycles. The lowest BCUT2D eigenvalue weighted by atomic mass is 10.1. The third kappa shape index (κ3) is 1.86. The second-order valence-corrected chi connectivity index (χ2v) is 3.54. The number of nitrogens with zero attached hydrogens (tertiary/aromatic N) is 2. The van der Waals surface area contributed by atoms with E-state index in [-0.39, 0.29) is 5.82 Å². The van der Waals surface area contributed by atoms with Gasteiger partial charge in [-0.2, -0.15) is 0 Å². The molecule has 3 nitrogen and oxygen atoms in total. The summed E-state index contributed by atoms with van der Waals surface area (Å²) < 4.78 is 13.5. The van der Waals surface area contributed by atoms with Gasteiger partial charge < -0.3 is 5.21 Å². The number of hydrogen-bond donors (Lipinski definition) is 1. The Kier molecular flexibility index (Phi) is 2.81. The molecule has 0 spiro atoms. The van der Waals surface area contributed by atoms with Gasteiger partial charge in [-0.25, -0.2) is 4.39 Å². The largest absolute Gasteiger partial charge is 0.411 e. The van der Waals surface area contributed by atoms with Gasteiger partial charge in [-0.15, -0.1) is 5.16 Å². The van der Waals surface area contributed by atoms with Crippen molar-refractivity contribution in [2.45, 2.75) is 13.3 Å². The summed E-state index contributed by atoms with van der Waals surface area (Å²) in [5.41, 5.74) is 2.32. The van der Waals surface area contributed by atoms with Gasteiger partial charge in [0.15, 0.2) is 0 Å². The summed E-state index contributed by atoms with van der Waals surface area (Å²) in [6, 6.07) is 6.56. The van der Waals surface area contributed by atoms with Crippen molar-refractivity contribution in [3.05, 3.63) is 41.3 Å². The predicted molar refractivity (Wildman–Crippen MR) is 60.4 cm³/mol. The zero-order valence-electron chi connectivity index (χ0n) is 8.81. The van der Waals surface area contributed by atoms with Crippen LogP contribution in [0.1, 0.15) is 11.3 Å². The van der Waals surface area contributed by atoms with E-state index in [2.05, 4.69) is 10.1 Å². The third-order valence-electron chi connectivity index (χ3n) is 2.49. The maximum atomic E-state index is 13.5. The van der Waals surface area contributed by atoms with Crippen molar-refractivity contribution in [2.24, 2.45) is 5.16 Å². The normalized spacial score (nSPS) is 11.4. The summed E-state index contributed by atoms with van der Waals surface area (Å²) in [7, 11) is 0. The van der Waals surface area contributed by atoms with Crippen LogP contribution in [0.4, 0.5) is 4.39 Å². The molecule has 4 heteroatoms. The molecule has 82 valence electrons. The molecule has 0 fully saturated rings. The lowest BCUT2D eigenvalue weighted by Gasteiger charge is -2.05. The number of aryl methyl sites for hydroxylation is 1. The van der Waals surface area contributed by atoms with Crippen LogP contribution in [0.25, 0.3) is 10.9 Å². The van der Waals surface area contributed by atoms with Gasteiger partial charge >= 0.3 is 0 Å². The first-order valence-electron chi connectivity index (χ1n) is 4.93. The second kappa shape index (κ2) is 4.26. The molecule has 0 saturated heterocycles. The van der Waals surface area contributed by atoms with Gasteiger partial charge in [0.1, 0.15) is 5.82 Å². The predicted octanol–water partition coefficient (Wildman–Crippen LogP) is 2.68. The zero-order chi connectivity index (χ0) is 11.5. The highest BCUT2D eigenvalue weighted by Gasteiger charge is 2.05. The highest BCUT2D eigenvalue weighted by Crippen LogP contribution is 2.19. The van der Waals surface area contributed by atoms with E-state index in [4.69, 9.17) is 5.21 Å². The Hall–Kier alpha value is -1.97. The van der Waals surface area contributed by atoms with Crippen LogP contribution in [0.2, 0.25) is 0 Å². The van der Waals surface area contributed by atoms with E-state index in [1.165, 1.54) is 12.3 Å². The average Bonchev–Trinajstić information content (AvgIpc) is 2.27. The fraction of sp³-hybridized carbons (Fsp3) is 0.167. The highest BCUT2D eigenvalue weighted by atomic mass is 19.1. The molecule has 1 aromatic carbocycles. The molecule has 0 atom stereocenters. The molecule has 0 aliphatic rings. The molecule has 0 unspecified atom stereocenters. The summed E-state index contributed by atoms with van der Waals surface area (Å²) in [4.78, 5) is 4.31. The summed E-state index contributed by atoms with van der Waals surface area (Å²) in [5, 5.41) is 11.8. The molecular weight excluding hydrogens is 207 g/mol. The summed E-state index contributed by atoms with van der Waals surface area (Å²) >= 11 is 0. The molecule has 0 amide bonds. The van der Waals surface area contributed by atoms with Crippen LogP contribution in [0.15, 0.2) is 29.4 Å². The first-order valence-corrected chi connectivity index (χ1v) is 4.93. The number of benzene rings is 1. The first kappa shape index (κ1) is 10.5. The fourth-order valence-corrected chi connectivity index (χ4v) is 1.64. The molecule has 0 saturated carbocycles. The van der Waals surface area contributed by atoms with Gasteiger partial charge in [-0.05, 0) is 30.7 Å². The van der Waals surface area contributed by atoms with Crippen LogP contribution < -0.4 is 0 Å². The van der Waals surface area contributed by atoms with Crippen LogP contribution in [0, 0.1) is 12.7 Å². The Balaban J connectivity index is 2.59. The van der Waals surface area contributed by atoms with Crippen molar-refractivity contribution in [1.82, 2.24) is 4.98 Å². The SMILES string of the molecule is Cc1nc2cccc(F)c2cc1C/C=N/O. The summed E-state index contributed by atoms with van der Waals surface area (Å²) in [6.07, 6.45) is 1.80. The quantitative estimate of drug-likeness (QED) is 0.478. The van der Waals surface area contributed by atoms with Crippen LogP contribution >= 0.6 is 0 Å². The number of pyridine rings is 1. The molecule has 0 bridgehead atoms. The van der Waals surface area contributed by atoms with Crippen molar-refractivity contribution in [3.8, 4) is 0 Å². The van der Waals surface area contributed by atoms with Crippen LogP contribution in [0.3, 0.4) is 0 Å². The molecule has 2 aromatic rings. The smallest absolute Gasteiger partial charge is 0.132 e. The maximum Gasteiger partial charge on any atom is 0.132 e. The molecule has 0 aliphatic carbocycles. The number of hydrogen-bond acceptors (Lipinski definition) is 3. The van der Waals surface area contributed by atoms with Crippen molar-refractivity contribution in [2.75, 3.05) is 0 Å². The van der Waals surface area contributed by atoms with Gasteiger partial charge in [0.05, 0.1) is 5.52 Å². The minimum absolute atomic E-state index is 0.285. The third-order valence-corrected chi connectivity index (χ3v) is 2.49. The molecule has 1 N–H and O–H groups in total. The first-order chi connectivity index (χ1) is 7.72. The van der Waals surface area contributed by atoms with E-state index in [9.17, 15) is 4.39 Å². The number of rotatable bonds is 2. The molecule has 0 radical (unpaired) electrons. The minimum Gasteiger partial charge on any atom is -0.411 e. The molecule has 16 heavy (non-hydrogen) atoms. The number of fused-ring (bicyclic) bond motifs is 1. The molecule has 0 aliphatic heterocycles. The van der Waals surface area contributed by atoms with Crippen molar-refractivity contribution in [1.29, 1.82) is 0 Å². The zero-order valence-corrected chi connectivity index (χ0v) is 8.81. The van der Waals surface area contributed by atoms with E-state index < -0.39 is 0 Å². The van der Waals surface area contributed by atoms with E-state index >= 15 is 0 Å². The van der Waals surface area contributed by atoms with Crippen LogP contribution in [-0.2, 0) is 6.42 Å². The van der Waals surface area contributed by atoms with E-state index in [0.29, 0.717) is 17.3 Å². The van der Waals surface area contributed by atoms with E-state index in [0.717, 1.165) is 11.3 Å². The fourth-order valence-electron chi connectivity index (χ4n) is 1.64. The molecule has 1 aromatic heterocycles. The van der Waals surface area contributed by atoms with Crippen LogP contribution in [0.5, 0.6) is 0 Å². The van der Waals surface area contributed by atoms with E-state index in [1.807, 2.05) is 6.92 Å². The second-order valence-electron chi connectivity index (χ2n) is 3.54. The Labute approximate surface area is 92.2 Å². The lowest BCUT2D eigenvalue weighted by Crippen LogP contribution is -1.96. The van der Waals surface area contributed by atoms with E-state index in [1.54, 1.807) is 18.2 Å². The Bertz CT molecular complexity index is 552. The molecule has 2 rings (SSSR count). The van der Waals surface area contributed by atoms with Crippen LogP contribution in [-0.4, -0.2) is 16.4 Å². The van der Waals surface area contributed by atoms with Gasteiger partial charge in [0.25, 0.3) is 0 Å². The average molecular weight is 218 g/mol. The van der Waals surface area contributed by atoms with Crippen molar-refractivity contribution < 1.29 is 9.60 Å². The maximum absolute atomic E-state index is 13.5. The number of oxime groups is 1. The minimum atomic E-state index is -0.285. The summed E-state index contributed by atoms with van der Waals surface area (Å²) in [6.45, 7) is 1.85. The summed E-state index contributed by atoms with van der Waals surface area (Å²) in [5.74, 6) is -0.285. The monoisotopic (exact) mass is 218 g/mol. The molecular formula is C12H11FN2O. The number of halogens is 1. The lowest BCUT2D eigenvalue weighted by molar-refractivity contribution is 0.321. The topological polar surface area (TPSA) is 45.5 Å². The Morgan fingerprint density at radius 3 is 3.06 bits per heavy atom. The van der Waals surface area contributed by atoms with Crippen molar-refractivity contribution >= 4 is 17.1 Å². The van der Waals surface area contributed by atoms with Gasteiger partial charge in [-0.3, -0.25) is 4.98 Å². The van der Waals surface area contributed by atoms with Crippen molar-refractivity contribution in [3.63, 3.8) is 0 Å². The highest BCUT2D eigenvalue weighted by molar-refractivity contribution is 5.81.